The third kappa shape index (κ3) is 3.48. The number of carbonyl (C=O) groups excluding carboxylic acids is 1. The second-order valence-electron chi connectivity index (χ2n) is 5.17. The van der Waals surface area contributed by atoms with E-state index >= 15 is 0 Å². The van der Waals surface area contributed by atoms with Crippen LogP contribution in [0.4, 0.5) is 9.52 Å². The van der Waals surface area contributed by atoms with Crippen molar-refractivity contribution in [2.24, 2.45) is 0 Å². The number of amides is 1. The molecule has 23 heavy (non-hydrogen) atoms. The normalized spacial score (nSPS) is 12.1. The Morgan fingerprint density at radius 3 is 2.87 bits per heavy atom. The zero-order valence-electron chi connectivity index (χ0n) is 12.7. The highest BCUT2D eigenvalue weighted by Gasteiger charge is 2.18. The summed E-state index contributed by atoms with van der Waals surface area (Å²) in [5, 5.41) is 3.21. The molecule has 1 atom stereocenters. The van der Waals surface area contributed by atoms with Gasteiger partial charge in [0, 0.05) is 0 Å². The summed E-state index contributed by atoms with van der Waals surface area (Å²) in [5.74, 6) is -0.818. The maximum Gasteiger partial charge on any atom is 0.266 e. The zero-order chi connectivity index (χ0) is 16.4. The van der Waals surface area contributed by atoms with Crippen LogP contribution in [-0.4, -0.2) is 17.0 Å². The van der Waals surface area contributed by atoms with E-state index in [0.717, 1.165) is 15.8 Å². The van der Waals surface area contributed by atoms with Gasteiger partial charge >= 0.3 is 0 Å². The quantitative estimate of drug-likeness (QED) is 0.782. The van der Waals surface area contributed by atoms with E-state index in [1.807, 2.05) is 25.1 Å². The molecule has 118 valence electrons. The number of aromatic nitrogens is 1. The van der Waals surface area contributed by atoms with Crippen LogP contribution in [0.3, 0.4) is 0 Å². The first kappa shape index (κ1) is 15.4. The number of nitrogens with one attached hydrogen (secondary N) is 1. The molecule has 0 spiro atoms. The smallest absolute Gasteiger partial charge is 0.266 e. The number of thiazole rings is 1. The molecular formula is C17H15FN2O2S. The molecule has 6 heteroatoms. The van der Waals surface area contributed by atoms with Crippen LogP contribution in [0.2, 0.25) is 0 Å². The van der Waals surface area contributed by atoms with Gasteiger partial charge in [0.1, 0.15) is 0 Å². The first-order valence-electron chi connectivity index (χ1n) is 7.12. The van der Waals surface area contributed by atoms with Crippen LogP contribution < -0.4 is 10.1 Å². The van der Waals surface area contributed by atoms with Gasteiger partial charge in [-0.1, -0.05) is 29.5 Å². The molecule has 0 aliphatic heterocycles. The average Bonchev–Trinajstić information content (AvgIpc) is 2.90. The molecule has 1 N–H and O–H groups in total. The average molecular weight is 330 g/mol. The third-order valence-electron chi connectivity index (χ3n) is 3.28. The molecule has 0 radical (unpaired) electrons. The summed E-state index contributed by atoms with van der Waals surface area (Å²) in [7, 11) is 0. The summed E-state index contributed by atoms with van der Waals surface area (Å²) >= 11 is 1.39. The van der Waals surface area contributed by atoms with Gasteiger partial charge in [-0.25, -0.2) is 9.37 Å². The summed E-state index contributed by atoms with van der Waals surface area (Å²) in [6.45, 7) is 3.57. The second-order valence-corrected chi connectivity index (χ2v) is 6.20. The van der Waals surface area contributed by atoms with E-state index in [-0.39, 0.29) is 11.7 Å². The third-order valence-corrected chi connectivity index (χ3v) is 4.22. The van der Waals surface area contributed by atoms with E-state index in [2.05, 4.69) is 10.3 Å². The summed E-state index contributed by atoms with van der Waals surface area (Å²) in [6, 6.07) is 11.9. The zero-order valence-corrected chi connectivity index (χ0v) is 13.5. The maximum absolute atomic E-state index is 13.6. The van der Waals surface area contributed by atoms with Crippen LogP contribution in [0.25, 0.3) is 10.2 Å². The van der Waals surface area contributed by atoms with E-state index in [1.54, 1.807) is 19.1 Å². The number of halogens is 1. The summed E-state index contributed by atoms with van der Waals surface area (Å²) in [4.78, 5) is 16.5. The van der Waals surface area contributed by atoms with Crippen LogP contribution in [-0.2, 0) is 4.79 Å². The molecule has 1 aromatic heterocycles. The van der Waals surface area contributed by atoms with E-state index < -0.39 is 11.9 Å². The summed E-state index contributed by atoms with van der Waals surface area (Å²) < 4.78 is 19.9. The van der Waals surface area contributed by atoms with Gasteiger partial charge in [-0.2, -0.15) is 0 Å². The molecule has 0 aliphatic rings. The lowest BCUT2D eigenvalue weighted by Crippen LogP contribution is -2.30. The molecule has 0 saturated carbocycles. The van der Waals surface area contributed by atoms with Crippen molar-refractivity contribution in [3.05, 3.63) is 53.8 Å². The van der Waals surface area contributed by atoms with Gasteiger partial charge in [0.05, 0.1) is 10.2 Å². The minimum atomic E-state index is -0.833. The maximum atomic E-state index is 13.6. The fraction of sp³-hybridized carbons (Fsp3) is 0.176. The van der Waals surface area contributed by atoms with E-state index in [4.69, 9.17) is 4.74 Å². The Morgan fingerprint density at radius 2 is 2.09 bits per heavy atom. The van der Waals surface area contributed by atoms with Crippen molar-refractivity contribution in [2.45, 2.75) is 20.0 Å². The number of aryl methyl sites for hydroxylation is 1. The van der Waals surface area contributed by atoms with Crippen LogP contribution in [0.15, 0.2) is 42.5 Å². The van der Waals surface area contributed by atoms with Crippen molar-refractivity contribution in [2.75, 3.05) is 5.32 Å². The topological polar surface area (TPSA) is 51.2 Å². The molecule has 2 aromatic carbocycles. The lowest BCUT2D eigenvalue weighted by atomic mass is 10.2. The van der Waals surface area contributed by atoms with Crippen molar-refractivity contribution in [1.29, 1.82) is 0 Å². The molecule has 0 aliphatic carbocycles. The number of anilines is 1. The Balaban J connectivity index is 1.71. The standard InChI is InChI=1S/C17H15FN2O2S/c1-10-7-8-13-15(9-10)23-17(19-13)20-16(21)11(2)22-14-6-4-3-5-12(14)18/h3-9,11H,1-2H3,(H,19,20,21). The van der Waals surface area contributed by atoms with Crippen molar-refractivity contribution < 1.29 is 13.9 Å². The van der Waals surface area contributed by atoms with Gasteiger partial charge in [0.15, 0.2) is 22.8 Å². The molecule has 0 saturated heterocycles. The second kappa shape index (κ2) is 6.34. The SMILES string of the molecule is Cc1ccc2nc(NC(=O)C(C)Oc3ccccc3F)sc2c1. The minimum Gasteiger partial charge on any atom is -0.478 e. The highest BCUT2D eigenvalue weighted by molar-refractivity contribution is 7.22. The molecule has 3 aromatic rings. The van der Waals surface area contributed by atoms with Crippen LogP contribution in [0, 0.1) is 12.7 Å². The number of fused-ring (bicyclic) bond motifs is 1. The number of hydrogen-bond donors (Lipinski definition) is 1. The lowest BCUT2D eigenvalue weighted by molar-refractivity contribution is -0.122. The molecule has 0 fully saturated rings. The van der Waals surface area contributed by atoms with Crippen LogP contribution >= 0.6 is 11.3 Å². The van der Waals surface area contributed by atoms with Gasteiger partial charge in [-0.15, -0.1) is 0 Å². The predicted octanol–water partition coefficient (Wildman–Crippen LogP) is 4.15. The first-order chi connectivity index (χ1) is 11.0. The summed E-state index contributed by atoms with van der Waals surface area (Å²) in [6.07, 6.45) is -0.833. The molecule has 4 nitrogen and oxygen atoms in total. The molecule has 0 bridgehead atoms. The number of para-hydroxylation sites is 1. The van der Waals surface area contributed by atoms with Crippen molar-refractivity contribution >= 4 is 32.6 Å². The van der Waals surface area contributed by atoms with Gasteiger partial charge in [-0.3, -0.25) is 10.1 Å². The van der Waals surface area contributed by atoms with E-state index in [1.165, 1.54) is 23.5 Å². The largest absolute Gasteiger partial charge is 0.478 e. The Hall–Kier alpha value is -2.47. The Morgan fingerprint density at radius 1 is 1.30 bits per heavy atom. The minimum absolute atomic E-state index is 0.0510. The lowest BCUT2D eigenvalue weighted by Gasteiger charge is -2.13. The first-order valence-corrected chi connectivity index (χ1v) is 7.94. The fourth-order valence-corrected chi connectivity index (χ4v) is 3.04. The fourth-order valence-electron chi connectivity index (χ4n) is 2.08. The number of rotatable bonds is 4. The summed E-state index contributed by atoms with van der Waals surface area (Å²) in [5.41, 5.74) is 1.97. The van der Waals surface area contributed by atoms with E-state index in [9.17, 15) is 9.18 Å². The highest BCUT2D eigenvalue weighted by atomic mass is 32.1. The Bertz CT molecular complexity index is 863. The van der Waals surface area contributed by atoms with Gasteiger partial charge < -0.3 is 4.74 Å². The number of hydrogen-bond acceptors (Lipinski definition) is 4. The van der Waals surface area contributed by atoms with Crippen LogP contribution in [0.5, 0.6) is 5.75 Å². The number of carbonyl (C=O) groups is 1. The molecule has 3 rings (SSSR count). The van der Waals surface area contributed by atoms with Crippen molar-refractivity contribution in [3.63, 3.8) is 0 Å². The number of nitrogens with zero attached hydrogens (tertiary/aromatic N) is 1. The van der Waals surface area contributed by atoms with Crippen molar-refractivity contribution in [3.8, 4) is 5.75 Å². The van der Waals surface area contributed by atoms with Crippen molar-refractivity contribution in [1.82, 2.24) is 4.98 Å². The van der Waals surface area contributed by atoms with Gasteiger partial charge in [0.25, 0.3) is 5.91 Å². The molecular weight excluding hydrogens is 315 g/mol. The monoisotopic (exact) mass is 330 g/mol. The molecule has 1 heterocycles. The van der Waals surface area contributed by atoms with Gasteiger partial charge in [-0.05, 0) is 43.7 Å². The molecule has 1 amide bonds. The molecule has 1 unspecified atom stereocenters. The predicted molar refractivity (Wildman–Crippen MR) is 89.5 cm³/mol. The van der Waals surface area contributed by atoms with E-state index in [0.29, 0.717) is 5.13 Å². The Labute approximate surface area is 136 Å². The van der Waals surface area contributed by atoms with Gasteiger partial charge in [0.2, 0.25) is 0 Å². The number of ether oxygens (including phenoxy) is 1. The Kier molecular flexibility index (Phi) is 4.25. The highest BCUT2D eigenvalue weighted by Crippen LogP contribution is 2.27. The van der Waals surface area contributed by atoms with Crippen LogP contribution in [0.1, 0.15) is 12.5 Å². The number of benzene rings is 2.